The van der Waals surface area contributed by atoms with Crippen LogP contribution in [0.1, 0.15) is 70.6 Å². The van der Waals surface area contributed by atoms with E-state index in [1.165, 1.54) is 18.2 Å². The first-order chi connectivity index (χ1) is 23.5. The standard InChI is InChI=1S/C36H40F2N8O3/c1-20(40-35(47)26-8-6-5-7-25(26)32(37)38)27-12-11-22-16-29(45(33(22)41-27)18-21-9-10-21)34-42-28-15-23(17-30(49-4)31(28)44(34)3)36(48)46-19-24(39)13-14-43(46)2/h5-8,11-12,15-17,20-21,24,32H,9-10,13-14,18-19,39H2,1-4H3,(H,40,47)/t20-,24-/m1/s1. The van der Waals surface area contributed by atoms with Crippen molar-refractivity contribution in [3.63, 3.8) is 0 Å². The number of pyridine rings is 1. The number of carbonyl (C=O) groups excluding carboxylic acids is 2. The quantitative estimate of drug-likeness (QED) is 0.214. The average molecular weight is 671 g/mol. The number of fused-ring (bicyclic) bond motifs is 2. The van der Waals surface area contributed by atoms with Crippen molar-refractivity contribution in [3.8, 4) is 17.3 Å². The number of hydrogen-bond donors (Lipinski definition) is 2. The van der Waals surface area contributed by atoms with Crippen LogP contribution in [0.5, 0.6) is 5.75 Å². The number of halogens is 2. The molecule has 2 atom stereocenters. The van der Waals surface area contributed by atoms with Gasteiger partial charge in [0.05, 0.1) is 36.6 Å². The van der Waals surface area contributed by atoms with Crippen LogP contribution in [0.2, 0.25) is 0 Å². The zero-order valence-electron chi connectivity index (χ0n) is 28.0. The highest BCUT2D eigenvalue weighted by atomic mass is 19.3. The van der Waals surface area contributed by atoms with E-state index >= 15 is 0 Å². The summed E-state index contributed by atoms with van der Waals surface area (Å²) in [5.41, 5.74) is 9.90. The van der Waals surface area contributed by atoms with Crippen LogP contribution in [-0.2, 0) is 13.6 Å². The summed E-state index contributed by atoms with van der Waals surface area (Å²) < 4.78 is 37.1. The number of nitrogens with one attached hydrogen (secondary N) is 1. The number of hydrazine groups is 1. The van der Waals surface area contributed by atoms with Gasteiger partial charge in [0.2, 0.25) is 0 Å². The minimum atomic E-state index is -2.76. The van der Waals surface area contributed by atoms with Gasteiger partial charge in [0.1, 0.15) is 16.9 Å². The summed E-state index contributed by atoms with van der Waals surface area (Å²) in [6.07, 6.45) is 0.290. The van der Waals surface area contributed by atoms with Crippen molar-refractivity contribution in [2.45, 2.75) is 51.2 Å². The van der Waals surface area contributed by atoms with Crippen LogP contribution in [-0.4, -0.2) is 74.2 Å². The second-order valence-corrected chi connectivity index (χ2v) is 13.2. The van der Waals surface area contributed by atoms with Gasteiger partial charge in [-0.2, -0.15) is 0 Å². The number of amides is 2. The number of carbonyl (C=O) groups is 2. The largest absolute Gasteiger partial charge is 0.494 e. The molecule has 7 rings (SSSR count). The van der Waals surface area contributed by atoms with Gasteiger partial charge in [0, 0.05) is 55.3 Å². The number of ether oxygens (including phenoxy) is 1. The lowest BCUT2D eigenvalue weighted by molar-refractivity contribution is -0.0168. The Morgan fingerprint density at radius 1 is 1.06 bits per heavy atom. The van der Waals surface area contributed by atoms with E-state index in [0.717, 1.165) is 48.1 Å². The molecule has 1 saturated carbocycles. The maximum absolute atomic E-state index is 13.7. The van der Waals surface area contributed by atoms with E-state index in [2.05, 4.69) is 16.0 Å². The highest BCUT2D eigenvalue weighted by Gasteiger charge is 2.30. The molecule has 2 fully saturated rings. The molecule has 13 heteroatoms. The van der Waals surface area contributed by atoms with Gasteiger partial charge >= 0.3 is 0 Å². The molecule has 11 nitrogen and oxygen atoms in total. The summed E-state index contributed by atoms with van der Waals surface area (Å²) in [7, 11) is 5.40. The van der Waals surface area contributed by atoms with Gasteiger partial charge in [-0.05, 0) is 68.5 Å². The number of nitrogens with two attached hydrogens (primary N) is 1. The molecule has 0 spiro atoms. The summed E-state index contributed by atoms with van der Waals surface area (Å²) in [6.45, 7) is 3.66. The molecule has 3 N–H and O–H groups in total. The molecule has 4 heterocycles. The van der Waals surface area contributed by atoms with E-state index in [-0.39, 0.29) is 23.1 Å². The van der Waals surface area contributed by atoms with Gasteiger partial charge in [-0.15, -0.1) is 0 Å². The summed E-state index contributed by atoms with van der Waals surface area (Å²) in [4.78, 5) is 36.8. The van der Waals surface area contributed by atoms with Crippen LogP contribution < -0.4 is 15.8 Å². The van der Waals surface area contributed by atoms with Crippen LogP contribution in [0.4, 0.5) is 8.78 Å². The molecular weight excluding hydrogens is 630 g/mol. The highest BCUT2D eigenvalue weighted by Crippen LogP contribution is 2.38. The first-order valence-electron chi connectivity index (χ1n) is 16.6. The normalized spacial score (nSPS) is 17.6. The first kappa shape index (κ1) is 32.7. The van der Waals surface area contributed by atoms with E-state index < -0.39 is 18.4 Å². The Morgan fingerprint density at radius 2 is 1.84 bits per heavy atom. The molecular formula is C36H40F2N8O3. The fraction of sp³-hybridized carbons (Fsp3) is 0.389. The Morgan fingerprint density at radius 3 is 2.57 bits per heavy atom. The third-order valence-electron chi connectivity index (χ3n) is 9.64. The van der Waals surface area contributed by atoms with Crippen molar-refractivity contribution < 1.29 is 23.1 Å². The smallest absolute Gasteiger partial charge is 0.268 e. The highest BCUT2D eigenvalue weighted by molar-refractivity contribution is 6.00. The van der Waals surface area contributed by atoms with E-state index in [0.29, 0.717) is 47.4 Å². The lowest BCUT2D eigenvalue weighted by Gasteiger charge is -2.38. The van der Waals surface area contributed by atoms with Crippen molar-refractivity contribution in [2.75, 3.05) is 27.2 Å². The predicted molar refractivity (Wildman–Crippen MR) is 182 cm³/mol. The number of rotatable bonds is 9. The number of benzene rings is 2. The maximum Gasteiger partial charge on any atom is 0.268 e. The van der Waals surface area contributed by atoms with Crippen LogP contribution in [0.25, 0.3) is 33.6 Å². The molecule has 256 valence electrons. The number of methoxy groups -OCH3 is 1. The molecule has 1 aliphatic carbocycles. The van der Waals surface area contributed by atoms with Crippen molar-refractivity contribution in [2.24, 2.45) is 18.7 Å². The van der Waals surface area contributed by atoms with Gasteiger partial charge < -0.3 is 24.9 Å². The van der Waals surface area contributed by atoms with E-state index in [1.807, 2.05) is 35.8 Å². The van der Waals surface area contributed by atoms with E-state index in [4.69, 9.17) is 20.4 Å². The topological polar surface area (TPSA) is 124 Å². The molecule has 0 radical (unpaired) electrons. The summed E-state index contributed by atoms with van der Waals surface area (Å²) >= 11 is 0. The van der Waals surface area contributed by atoms with Crippen molar-refractivity contribution in [1.29, 1.82) is 0 Å². The molecule has 1 saturated heterocycles. The van der Waals surface area contributed by atoms with Gasteiger partial charge in [-0.3, -0.25) is 14.6 Å². The van der Waals surface area contributed by atoms with E-state index in [1.54, 1.807) is 37.2 Å². The van der Waals surface area contributed by atoms with Crippen molar-refractivity contribution in [3.05, 3.63) is 77.0 Å². The Hall–Kier alpha value is -4.88. The molecule has 2 aromatic carbocycles. The Bertz CT molecular complexity index is 2070. The summed E-state index contributed by atoms with van der Waals surface area (Å²) in [5, 5.41) is 7.33. The molecule has 49 heavy (non-hydrogen) atoms. The fourth-order valence-corrected chi connectivity index (χ4v) is 6.69. The van der Waals surface area contributed by atoms with Crippen LogP contribution in [0, 0.1) is 5.92 Å². The molecule has 5 aromatic rings. The van der Waals surface area contributed by atoms with E-state index in [9.17, 15) is 18.4 Å². The Kier molecular flexibility index (Phi) is 8.57. The molecule has 2 aliphatic rings. The predicted octanol–water partition coefficient (Wildman–Crippen LogP) is 5.46. The second kappa shape index (κ2) is 12.9. The first-order valence-corrected chi connectivity index (χ1v) is 16.6. The molecule has 3 aromatic heterocycles. The lowest BCUT2D eigenvalue weighted by Crippen LogP contribution is -2.55. The second-order valence-electron chi connectivity index (χ2n) is 13.2. The van der Waals surface area contributed by atoms with Crippen molar-refractivity contribution >= 4 is 33.9 Å². The lowest BCUT2D eigenvalue weighted by atomic mass is 10.1. The fourth-order valence-electron chi connectivity index (χ4n) is 6.69. The Labute approximate surface area is 282 Å². The van der Waals surface area contributed by atoms with Gasteiger partial charge in [0.25, 0.3) is 18.2 Å². The number of aromatic nitrogens is 4. The SMILES string of the molecule is COc1cc(C(=O)N2C[C@H](N)CCN2C)cc2nc(-c3cc4ccc([C@@H](C)NC(=O)c5ccccc5C(F)F)nc4n3CC3CC3)n(C)c12. The van der Waals surface area contributed by atoms with Crippen LogP contribution in [0.3, 0.4) is 0 Å². The summed E-state index contributed by atoms with van der Waals surface area (Å²) in [6, 6.07) is 14.5. The maximum atomic E-state index is 13.7. The molecule has 1 aliphatic heterocycles. The average Bonchev–Trinajstić information content (AvgIpc) is 3.77. The number of nitrogens with zero attached hydrogens (tertiary/aromatic N) is 6. The third kappa shape index (κ3) is 6.12. The Balaban J connectivity index is 1.26. The molecule has 0 bridgehead atoms. The van der Waals surface area contributed by atoms with Crippen LogP contribution >= 0.6 is 0 Å². The zero-order valence-corrected chi connectivity index (χ0v) is 28.0. The molecule has 2 amide bonds. The number of aryl methyl sites for hydroxylation is 1. The van der Waals surface area contributed by atoms with Gasteiger partial charge in [0.15, 0.2) is 5.82 Å². The number of alkyl halides is 2. The van der Waals surface area contributed by atoms with Crippen LogP contribution in [0.15, 0.2) is 54.6 Å². The summed E-state index contributed by atoms with van der Waals surface area (Å²) in [5.74, 6) is 0.989. The number of imidazole rings is 1. The van der Waals surface area contributed by atoms with Crippen molar-refractivity contribution in [1.82, 2.24) is 34.4 Å². The third-order valence-corrected chi connectivity index (χ3v) is 9.64. The monoisotopic (exact) mass is 670 g/mol. The van der Waals surface area contributed by atoms with Gasteiger partial charge in [-0.25, -0.2) is 23.8 Å². The zero-order chi connectivity index (χ0) is 34.6. The minimum Gasteiger partial charge on any atom is -0.494 e. The minimum absolute atomic E-state index is 0.0570. The van der Waals surface area contributed by atoms with Gasteiger partial charge in [-0.1, -0.05) is 18.2 Å². The number of hydrogen-bond acceptors (Lipinski definition) is 7. The molecule has 0 unspecified atom stereocenters.